The van der Waals surface area contributed by atoms with Gasteiger partial charge in [0.25, 0.3) is 5.91 Å². The number of nitrogens with one attached hydrogen (secondary N) is 2. The molecule has 2 aromatic carbocycles. The number of nitrogens with zero attached hydrogens (tertiary/aromatic N) is 1. The van der Waals surface area contributed by atoms with Crippen molar-refractivity contribution in [1.82, 2.24) is 10.3 Å². The van der Waals surface area contributed by atoms with Crippen molar-refractivity contribution in [1.29, 1.82) is 0 Å². The van der Waals surface area contributed by atoms with E-state index in [1.807, 2.05) is 0 Å². The lowest BCUT2D eigenvalue weighted by molar-refractivity contribution is -0.189. The number of carbonyl (C=O) groups is 2. The van der Waals surface area contributed by atoms with E-state index in [9.17, 15) is 35.9 Å². The molecule has 2 N–H and O–H groups in total. The van der Waals surface area contributed by atoms with E-state index < -0.39 is 35.5 Å². The average molecular weight is 555 g/mol. The van der Waals surface area contributed by atoms with E-state index in [0.717, 1.165) is 13.2 Å². The highest BCUT2D eigenvalue weighted by atomic mass is 19.4. The fourth-order valence-corrected chi connectivity index (χ4v) is 4.45. The van der Waals surface area contributed by atoms with Crippen LogP contribution in [0.2, 0.25) is 0 Å². The minimum Gasteiger partial charge on any atom is -0.493 e. The Morgan fingerprint density at radius 1 is 0.923 bits per heavy atom. The van der Waals surface area contributed by atoms with Gasteiger partial charge in [0.1, 0.15) is 5.82 Å². The topological polar surface area (TPSA) is 89.6 Å². The van der Waals surface area contributed by atoms with Crippen molar-refractivity contribution in [2.75, 3.05) is 12.4 Å². The number of halogens is 6. The van der Waals surface area contributed by atoms with Crippen LogP contribution in [0.15, 0.2) is 48.5 Å². The monoisotopic (exact) mass is 555 g/mol. The lowest BCUT2D eigenvalue weighted by Gasteiger charge is -2.30. The molecule has 0 unspecified atom stereocenters. The Balaban J connectivity index is 1.42. The summed E-state index contributed by atoms with van der Waals surface area (Å²) in [6.07, 6.45) is -8.01. The van der Waals surface area contributed by atoms with Crippen molar-refractivity contribution in [2.45, 2.75) is 50.1 Å². The first-order valence-electron chi connectivity index (χ1n) is 11.9. The SMILES string of the molecule is COc1cccc(C(=O)NC2CCC(Nc3cc(C(F)(F)F)c4ccccc4n3)CC2)c1OC(=O)C(F)(F)F. The van der Waals surface area contributed by atoms with Gasteiger partial charge in [-0.25, -0.2) is 9.78 Å². The summed E-state index contributed by atoms with van der Waals surface area (Å²) < 4.78 is 88.5. The fraction of sp³-hybridized carbons (Fsp3) is 0.346. The average Bonchev–Trinajstić information content (AvgIpc) is 2.88. The molecule has 1 aromatic heterocycles. The number of esters is 1. The maximum atomic E-state index is 13.6. The summed E-state index contributed by atoms with van der Waals surface area (Å²) in [6, 6.07) is 10.2. The highest BCUT2D eigenvalue weighted by molar-refractivity contribution is 5.99. The molecule has 0 saturated heterocycles. The summed E-state index contributed by atoms with van der Waals surface area (Å²) in [5.41, 5.74) is -0.903. The molecule has 0 aliphatic heterocycles. The molecule has 1 fully saturated rings. The van der Waals surface area contributed by atoms with E-state index in [1.54, 1.807) is 6.07 Å². The van der Waals surface area contributed by atoms with Crippen LogP contribution in [0.1, 0.15) is 41.6 Å². The number of carbonyl (C=O) groups excluding carboxylic acids is 2. The third-order valence-electron chi connectivity index (χ3n) is 6.31. The number of fused-ring (bicyclic) bond motifs is 1. The number of alkyl halides is 6. The summed E-state index contributed by atoms with van der Waals surface area (Å²) in [5, 5.41) is 5.76. The van der Waals surface area contributed by atoms with Crippen LogP contribution in [-0.4, -0.2) is 42.2 Å². The van der Waals surface area contributed by atoms with Gasteiger partial charge in [0.05, 0.1) is 23.8 Å². The largest absolute Gasteiger partial charge is 0.493 e. The first-order chi connectivity index (χ1) is 18.4. The number of hydrogen-bond acceptors (Lipinski definition) is 6. The second kappa shape index (κ2) is 11.0. The first-order valence-corrected chi connectivity index (χ1v) is 11.9. The lowest BCUT2D eigenvalue weighted by Crippen LogP contribution is -2.40. The van der Waals surface area contributed by atoms with Crippen LogP contribution in [0.5, 0.6) is 11.5 Å². The van der Waals surface area contributed by atoms with Crippen LogP contribution in [0.4, 0.5) is 32.2 Å². The van der Waals surface area contributed by atoms with Gasteiger partial charge in [-0.15, -0.1) is 0 Å². The number of methoxy groups -OCH3 is 1. The standard InChI is InChI=1S/C26H23F6N3O4/c1-38-20-8-4-6-17(22(20)39-24(37)26(30,31)32)23(36)34-15-11-9-14(10-12-15)33-21-13-18(25(27,28)29)16-5-2-3-7-19(16)35-21/h2-8,13-15H,9-12H2,1H3,(H,33,35)(H,34,36). The molecule has 0 radical (unpaired) electrons. The summed E-state index contributed by atoms with van der Waals surface area (Å²) in [4.78, 5) is 28.6. The van der Waals surface area contributed by atoms with E-state index in [1.165, 1.54) is 36.4 Å². The number of benzene rings is 2. The molecule has 39 heavy (non-hydrogen) atoms. The predicted octanol–water partition coefficient (Wildman–Crippen LogP) is 5.88. The maximum Gasteiger partial charge on any atom is 0.491 e. The number of hydrogen-bond donors (Lipinski definition) is 2. The number of rotatable bonds is 6. The molecular formula is C26H23F6N3O4. The zero-order valence-corrected chi connectivity index (χ0v) is 20.4. The Morgan fingerprint density at radius 3 is 2.23 bits per heavy atom. The number of pyridine rings is 1. The van der Waals surface area contributed by atoms with Crippen LogP contribution in [-0.2, 0) is 11.0 Å². The Morgan fingerprint density at radius 2 is 1.59 bits per heavy atom. The zero-order chi connectivity index (χ0) is 28.4. The minimum atomic E-state index is -5.28. The summed E-state index contributed by atoms with van der Waals surface area (Å²) in [7, 11) is 1.15. The van der Waals surface area contributed by atoms with Crippen LogP contribution >= 0.6 is 0 Å². The fourth-order valence-electron chi connectivity index (χ4n) is 4.45. The minimum absolute atomic E-state index is 0.000189. The number of anilines is 1. The molecule has 0 bridgehead atoms. The van der Waals surface area contributed by atoms with Gasteiger partial charge >= 0.3 is 18.3 Å². The number of ether oxygens (including phenoxy) is 2. The molecular weight excluding hydrogens is 532 g/mol. The third kappa shape index (κ3) is 6.52. The van der Waals surface area contributed by atoms with Crippen LogP contribution in [0.25, 0.3) is 10.9 Å². The van der Waals surface area contributed by atoms with E-state index >= 15 is 0 Å². The second-order valence-corrected chi connectivity index (χ2v) is 8.96. The number of amides is 1. The van der Waals surface area contributed by atoms with Gasteiger partial charge in [0.15, 0.2) is 11.5 Å². The second-order valence-electron chi connectivity index (χ2n) is 8.96. The first kappa shape index (κ1) is 28.0. The van der Waals surface area contributed by atoms with Crippen molar-refractivity contribution in [3.63, 3.8) is 0 Å². The Kier molecular flexibility index (Phi) is 7.89. The maximum absolute atomic E-state index is 13.6. The van der Waals surface area contributed by atoms with Gasteiger partial charge in [0.2, 0.25) is 0 Å². The van der Waals surface area contributed by atoms with Crippen molar-refractivity contribution in [3.8, 4) is 11.5 Å². The van der Waals surface area contributed by atoms with E-state index in [-0.39, 0.29) is 40.1 Å². The van der Waals surface area contributed by atoms with Gasteiger partial charge in [-0.3, -0.25) is 4.79 Å². The molecule has 13 heteroatoms. The summed E-state index contributed by atoms with van der Waals surface area (Å²) >= 11 is 0. The number of aromatic nitrogens is 1. The molecule has 1 aliphatic carbocycles. The van der Waals surface area contributed by atoms with Crippen molar-refractivity contribution >= 4 is 28.6 Å². The number of para-hydroxylation sites is 2. The van der Waals surface area contributed by atoms with Gasteiger partial charge in [0, 0.05) is 17.5 Å². The Labute approximate surface area is 218 Å². The highest BCUT2D eigenvalue weighted by Crippen LogP contribution is 2.37. The molecule has 7 nitrogen and oxygen atoms in total. The summed E-state index contributed by atoms with van der Waals surface area (Å²) in [6.45, 7) is 0. The molecule has 0 atom stereocenters. The zero-order valence-electron chi connectivity index (χ0n) is 20.4. The summed E-state index contributed by atoms with van der Waals surface area (Å²) in [5.74, 6) is -4.06. The van der Waals surface area contributed by atoms with E-state index in [2.05, 4.69) is 20.4 Å². The van der Waals surface area contributed by atoms with Gasteiger partial charge in [-0.1, -0.05) is 24.3 Å². The Bertz CT molecular complexity index is 1370. The van der Waals surface area contributed by atoms with E-state index in [0.29, 0.717) is 25.7 Å². The Hall–Kier alpha value is -4.03. The predicted molar refractivity (Wildman–Crippen MR) is 129 cm³/mol. The molecule has 0 spiro atoms. The molecule has 1 aliphatic rings. The molecule has 1 saturated carbocycles. The molecule has 1 heterocycles. The van der Waals surface area contributed by atoms with Gasteiger partial charge in [-0.05, 0) is 49.9 Å². The molecule has 1 amide bonds. The normalized spacial score (nSPS) is 17.9. The van der Waals surface area contributed by atoms with Crippen LogP contribution < -0.4 is 20.1 Å². The third-order valence-corrected chi connectivity index (χ3v) is 6.31. The van der Waals surface area contributed by atoms with E-state index in [4.69, 9.17) is 4.74 Å². The smallest absolute Gasteiger partial charge is 0.491 e. The van der Waals surface area contributed by atoms with Crippen molar-refractivity contribution in [2.24, 2.45) is 0 Å². The van der Waals surface area contributed by atoms with Crippen molar-refractivity contribution < 1.29 is 45.4 Å². The van der Waals surface area contributed by atoms with Gasteiger partial charge < -0.3 is 20.1 Å². The van der Waals surface area contributed by atoms with Crippen LogP contribution in [0.3, 0.4) is 0 Å². The lowest BCUT2D eigenvalue weighted by atomic mass is 9.91. The van der Waals surface area contributed by atoms with Gasteiger partial charge in [-0.2, -0.15) is 26.3 Å². The molecule has 4 rings (SSSR count). The van der Waals surface area contributed by atoms with Crippen molar-refractivity contribution in [3.05, 3.63) is 59.7 Å². The quantitative estimate of drug-likeness (QED) is 0.224. The van der Waals surface area contributed by atoms with Crippen LogP contribution in [0, 0.1) is 0 Å². The molecule has 208 valence electrons. The highest BCUT2D eigenvalue weighted by Gasteiger charge is 2.42. The molecule has 3 aromatic rings.